The maximum Gasteiger partial charge on any atom is 0.289 e. The van der Waals surface area contributed by atoms with Crippen molar-refractivity contribution in [1.82, 2.24) is 14.5 Å². The maximum absolute atomic E-state index is 12.3. The number of aromatic nitrogens is 2. The molecule has 1 amide bonds. The van der Waals surface area contributed by atoms with Crippen LogP contribution >= 0.6 is 0 Å². The predicted molar refractivity (Wildman–Crippen MR) is 85.3 cm³/mol. The molecule has 3 heterocycles. The highest BCUT2D eigenvalue weighted by molar-refractivity contribution is 5.91. The summed E-state index contributed by atoms with van der Waals surface area (Å²) >= 11 is 0. The molecule has 1 fully saturated rings. The summed E-state index contributed by atoms with van der Waals surface area (Å²) in [5.41, 5.74) is 1.07. The van der Waals surface area contributed by atoms with Gasteiger partial charge in [-0.3, -0.25) is 4.79 Å². The summed E-state index contributed by atoms with van der Waals surface area (Å²) < 4.78 is 7.31. The third kappa shape index (κ3) is 3.03. The molecule has 0 radical (unpaired) electrons. The van der Waals surface area contributed by atoms with Gasteiger partial charge in [-0.1, -0.05) is 0 Å². The van der Waals surface area contributed by atoms with Gasteiger partial charge in [-0.05, 0) is 38.8 Å². The average Bonchev–Trinajstić information content (AvgIpc) is 3.23. The van der Waals surface area contributed by atoms with E-state index in [9.17, 15) is 9.90 Å². The second kappa shape index (κ2) is 6.58. The van der Waals surface area contributed by atoms with E-state index in [-0.39, 0.29) is 18.6 Å². The molecule has 6 nitrogen and oxygen atoms in total. The number of furan rings is 1. The summed E-state index contributed by atoms with van der Waals surface area (Å²) in [6, 6.07) is 3.46. The zero-order chi connectivity index (χ0) is 16.4. The van der Waals surface area contributed by atoms with Gasteiger partial charge >= 0.3 is 0 Å². The van der Waals surface area contributed by atoms with Gasteiger partial charge in [0, 0.05) is 30.9 Å². The van der Waals surface area contributed by atoms with Crippen molar-refractivity contribution in [2.45, 2.75) is 38.6 Å². The van der Waals surface area contributed by atoms with Crippen LogP contribution < -0.4 is 0 Å². The number of likely N-dealkylation sites (tertiary alicyclic amines) is 1. The molecular weight excluding hydrogens is 294 g/mol. The second-order valence-corrected chi connectivity index (χ2v) is 6.20. The lowest BCUT2D eigenvalue weighted by Crippen LogP contribution is -2.38. The Morgan fingerprint density at radius 3 is 2.83 bits per heavy atom. The van der Waals surface area contributed by atoms with Gasteiger partial charge in [-0.15, -0.1) is 0 Å². The van der Waals surface area contributed by atoms with Crippen LogP contribution in [0.2, 0.25) is 0 Å². The molecule has 0 spiro atoms. The second-order valence-electron chi connectivity index (χ2n) is 6.20. The summed E-state index contributed by atoms with van der Waals surface area (Å²) in [6.07, 6.45) is 5.14. The lowest BCUT2D eigenvalue weighted by molar-refractivity contribution is 0.0677. The molecule has 0 unspecified atom stereocenters. The Labute approximate surface area is 135 Å². The van der Waals surface area contributed by atoms with Gasteiger partial charge in [-0.25, -0.2) is 4.98 Å². The number of aryl methyl sites for hydroxylation is 1. The molecule has 124 valence electrons. The number of rotatable bonds is 4. The lowest BCUT2D eigenvalue weighted by atomic mass is 9.95. The van der Waals surface area contributed by atoms with E-state index in [4.69, 9.17) is 4.42 Å². The van der Waals surface area contributed by atoms with Gasteiger partial charge in [0.05, 0.1) is 18.9 Å². The summed E-state index contributed by atoms with van der Waals surface area (Å²) in [5, 5.41) is 9.46. The summed E-state index contributed by atoms with van der Waals surface area (Å²) in [5.74, 6) is 1.69. The van der Waals surface area contributed by atoms with Crippen molar-refractivity contribution >= 4 is 5.91 Å². The van der Waals surface area contributed by atoms with Crippen molar-refractivity contribution < 1.29 is 14.3 Å². The largest absolute Gasteiger partial charge is 0.459 e. The molecule has 0 aliphatic carbocycles. The van der Waals surface area contributed by atoms with Crippen molar-refractivity contribution in [3.05, 3.63) is 41.9 Å². The minimum atomic E-state index is -0.0447. The third-order valence-electron chi connectivity index (χ3n) is 4.59. The van der Waals surface area contributed by atoms with Gasteiger partial charge < -0.3 is 19.0 Å². The minimum Gasteiger partial charge on any atom is -0.459 e. The van der Waals surface area contributed by atoms with Crippen molar-refractivity contribution in [3.63, 3.8) is 0 Å². The Morgan fingerprint density at radius 2 is 2.22 bits per heavy atom. The maximum atomic E-state index is 12.3. The van der Waals surface area contributed by atoms with E-state index >= 15 is 0 Å². The molecular formula is C17H23N3O3. The van der Waals surface area contributed by atoms with E-state index in [2.05, 4.69) is 9.55 Å². The standard InChI is InChI=1S/C17H23N3O3/c1-12-10-18-16(20(12)13(2)11-21)14-5-7-19(8-6-14)17(22)15-4-3-9-23-15/h3-4,9-10,13-14,21H,5-8,11H2,1-2H3/t13-/m1/s1. The van der Waals surface area contributed by atoms with Crippen LogP contribution in [0.15, 0.2) is 29.0 Å². The van der Waals surface area contributed by atoms with E-state index in [1.165, 1.54) is 6.26 Å². The number of amides is 1. The van der Waals surface area contributed by atoms with Crippen LogP contribution in [0.1, 0.15) is 53.8 Å². The fraction of sp³-hybridized carbons (Fsp3) is 0.529. The quantitative estimate of drug-likeness (QED) is 0.939. The Balaban J connectivity index is 1.69. The minimum absolute atomic E-state index is 0.0234. The van der Waals surface area contributed by atoms with E-state index in [1.54, 1.807) is 12.1 Å². The first-order chi connectivity index (χ1) is 11.1. The number of hydrogen-bond donors (Lipinski definition) is 1. The number of aliphatic hydroxyl groups excluding tert-OH is 1. The molecule has 2 aromatic rings. The van der Waals surface area contributed by atoms with Crippen molar-refractivity contribution in [3.8, 4) is 0 Å². The van der Waals surface area contributed by atoms with Crippen LogP contribution in [-0.2, 0) is 0 Å². The number of piperidine rings is 1. The molecule has 23 heavy (non-hydrogen) atoms. The average molecular weight is 317 g/mol. The van der Waals surface area contributed by atoms with E-state index in [0.717, 1.165) is 24.4 Å². The van der Waals surface area contributed by atoms with Gasteiger partial charge in [0.2, 0.25) is 0 Å². The van der Waals surface area contributed by atoms with Crippen molar-refractivity contribution in [2.75, 3.05) is 19.7 Å². The van der Waals surface area contributed by atoms with Gasteiger partial charge in [0.1, 0.15) is 5.82 Å². The number of carbonyl (C=O) groups excluding carboxylic acids is 1. The molecule has 2 aromatic heterocycles. The Hall–Kier alpha value is -2.08. The van der Waals surface area contributed by atoms with Crippen LogP contribution in [0.5, 0.6) is 0 Å². The highest BCUT2D eigenvalue weighted by Gasteiger charge is 2.29. The van der Waals surface area contributed by atoms with Crippen LogP contribution in [-0.4, -0.2) is 45.2 Å². The summed E-state index contributed by atoms with van der Waals surface area (Å²) in [7, 11) is 0. The van der Waals surface area contributed by atoms with Crippen LogP contribution in [0.4, 0.5) is 0 Å². The molecule has 0 saturated carbocycles. The van der Waals surface area contributed by atoms with Gasteiger partial charge in [0.25, 0.3) is 5.91 Å². The molecule has 3 rings (SSSR count). The first-order valence-corrected chi connectivity index (χ1v) is 8.09. The zero-order valence-electron chi connectivity index (χ0n) is 13.6. The first kappa shape index (κ1) is 15.8. The van der Waals surface area contributed by atoms with Crippen molar-refractivity contribution in [2.24, 2.45) is 0 Å². The Kier molecular flexibility index (Phi) is 4.52. The normalized spacial score (nSPS) is 17.4. The fourth-order valence-corrected chi connectivity index (χ4v) is 3.32. The predicted octanol–water partition coefficient (Wildman–Crippen LogP) is 2.36. The summed E-state index contributed by atoms with van der Waals surface area (Å²) in [6.45, 7) is 5.50. The number of imidazole rings is 1. The molecule has 6 heteroatoms. The third-order valence-corrected chi connectivity index (χ3v) is 4.59. The first-order valence-electron chi connectivity index (χ1n) is 8.09. The molecule has 1 aliphatic heterocycles. The van der Waals surface area contributed by atoms with Gasteiger partial charge in [-0.2, -0.15) is 0 Å². The van der Waals surface area contributed by atoms with Crippen LogP contribution in [0.3, 0.4) is 0 Å². The number of carbonyl (C=O) groups is 1. The topological polar surface area (TPSA) is 71.5 Å². The van der Waals surface area contributed by atoms with E-state index < -0.39 is 0 Å². The zero-order valence-corrected chi connectivity index (χ0v) is 13.6. The Morgan fingerprint density at radius 1 is 1.48 bits per heavy atom. The van der Waals surface area contributed by atoms with E-state index in [1.807, 2.05) is 24.9 Å². The van der Waals surface area contributed by atoms with Crippen LogP contribution in [0.25, 0.3) is 0 Å². The molecule has 0 aromatic carbocycles. The number of aliphatic hydroxyl groups is 1. The van der Waals surface area contributed by atoms with Gasteiger partial charge in [0.15, 0.2) is 5.76 Å². The molecule has 1 N–H and O–H groups in total. The highest BCUT2D eigenvalue weighted by atomic mass is 16.3. The molecule has 1 atom stereocenters. The fourth-order valence-electron chi connectivity index (χ4n) is 3.32. The lowest BCUT2D eigenvalue weighted by Gasteiger charge is -2.32. The summed E-state index contributed by atoms with van der Waals surface area (Å²) in [4.78, 5) is 18.7. The van der Waals surface area contributed by atoms with E-state index in [0.29, 0.717) is 24.8 Å². The van der Waals surface area contributed by atoms with Crippen molar-refractivity contribution in [1.29, 1.82) is 0 Å². The van der Waals surface area contributed by atoms with Crippen LogP contribution in [0, 0.1) is 6.92 Å². The highest BCUT2D eigenvalue weighted by Crippen LogP contribution is 2.30. The Bertz CT molecular complexity index is 655. The molecule has 1 saturated heterocycles. The molecule has 0 bridgehead atoms. The SMILES string of the molecule is Cc1cnc(C2CCN(C(=O)c3ccco3)CC2)n1[C@H](C)CO. The number of hydrogen-bond acceptors (Lipinski definition) is 4. The number of nitrogens with zero attached hydrogens (tertiary/aromatic N) is 3. The monoisotopic (exact) mass is 317 g/mol. The molecule has 1 aliphatic rings. The smallest absolute Gasteiger partial charge is 0.289 e.